The van der Waals surface area contributed by atoms with Gasteiger partial charge in [0.15, 0.2) is 0 Å². The summed E-state index contributed by atoms with van der Waals surface area (Å²) in [5, 5.41) is 4.55. The number of nitrogens with one attached hydrogen (secondary N) is 2. The highest BCUT2D eigenvalue weighted by molar-refractivity contribution is 6.09. The minimum atomic E-state index is -0.798. The van der Waals surface area contributed by atoms with Crippen LogP contribution in [-0.4, -0.2) is 69.1 Å². The fraction of sp³-hybridized carbons (Fsp3) is 0.355. The second-order valence-electron chi connectivity index (χ2n) is 11.5. The molecule has 4 aliphatic heterocycles. The fourth-order valence-corrected chi connectivity index (χ4v) is 6.33. The van der Waals surface area contributed by atoms with Gasteiger partial charge in [0.25, 0.3) is 11.8 Å². The number of fused-ring (bicyclic) bond motifs is 2. The van der Waals surface area contributed by atoms with Crippen molar-refractivity contribution in [3.63, 3.8) is 0 Å². The summed E-state index contributed by atoms with van der Waals surface area (Å²) < 4.78 is 0. The molecule has 2 atom stereocenters. The molecule has 4 aliphatic rings. The molecule has 0 radical (unpaired) electrons. The van der Waals surface area contributed by atoms with Gasteiger partial charge < -0.3 is 15.5 Å². The number of nitrogens with zero attached hydrogens (tertiary/aromatic N) is 3. The normalized spacial score (nSPS) is 21.0. The van der Waals surface area contributed by atoms with Gasteiger partial charge in [-0.05, 0) is 54.7 Å². The van der Waals surface area contributed by atoms with Gasteiger partial charge >= 0.3 is 0 Å². The standard InChI is InChI=1S/C31H30N6O8/c32-24(38)2-1-3-27(41)37(18-6-4-16-14-35(30(44)20(16)12-18)22-8-10-25(39)33-28(22)42)19-7-5-17-15-36(31(45)21(17)13-19)23-9-11-26(40)34-29(23)43/h4-7,12-13,22-23H,1-3,8-11,14-15H2,(H2,32,38)(H,33,39,42)(H,34,40,43). The van der Waals surface area contributed by atoms with Crippen molar-refractivity contribution in [2.45, 2.75) is 70.1 Å². The van der Waals surface area contributed by atoms with E-state index in [-0.39, 0.29) is 69.8 Å². The molecule has 45 heavy (non-hydrogen) atoms. The van der Waals surface area contributed by atoms with E-state index in [4.69, 9.17) is 5.73 Å². The van der Waals surface area contributed by atoms with Crippen molar-refractivity contribution in [3.05, 3.63) is 58.7 Å². The summed E-state index contributed by atoms with van der Waals surface area (Å²) in [4.78, 5) is 104. The summed E-state index contributed by atoms with van der Waals surface area (Å²) in [6, 6.07) is 8.23. The zero-order chi connectivity index (χ0) is 32.0. The van der Waals surface area contributed by atoms with Crippen LogP contribution < -0.4 is 21.3 Å². The van der Waals surface area contributed by atoms with Crippen LogP contribution in [0.4, 0.5) is 11.4 Å². The van der Waals surface area contributed by atoms with Gasteiger partial charge in [-0.1, -0.05) is 12.1 Å². The summed E-state index contributed by atoms with van der Waals surface area (Å²) >= 11 is 0. The van der Waals surface area contributed by atoms with Crippen molar-refractivity contribution in [1.29, 1.82) is 0 Å². The number of hydrogen-bond acceptors (Lipinski definition) is 8. The monoisotopic (exact) mass is 614 g/mol. The number of primary amides is 1. The number of rotatable bonds is 8. The molecule has 2 fully saturated rings. The van der Waals surface area contributed by atoms with Gasteiger partial charge in [-0.15, -0.1) is 0 Å². The van der Waals surface area contributed by atoms with Crippen LogP contribution in [0.5, 0.6) is 0 Å². The van der Waals surface area contributed by atoms with E-state index < -0.39 is 47.5 Å². The summed E-state index contributed by atoms with van der Waals surface area (Å²) in [6.07, 6.45) is 0.782. The van der Waals surface area contributed by atoms with Gasteiger partial charge in [0.05, 0.1) is 0 Å². The lowest BCUT2D eigenvalue weighted by molar-refractivity contribution is -0.138. The maximum atomic E-state index is 13.7. The predicted octanol–water partition coefficient (Wildman–Crippen LogP) is 0.529. The Morgan fingerprint density at radius 2 is 1.20 bits per heavy atom. The maximum absolute atomic E-state index is 13.7. The maximum Gasteiger partial charge on any atom is 0.255 e. The first kappa shape index (κ1) is 29.7. The number of carbonyl (C=O) groups is 8. The zero-order valence-corrected chi connectivity index (χ0v) is 24.2. The van der Waals surface area contributed by atoms with Crippen molar-refractivity contribution in [2.24, 2.45) is 5.73 Å². The van der Waals surface area contributed by atoms with E-state index in [1.165, 1.54) is 14.7 Å². The Hall–Kier alpha value is -5.40. The third kappa shape index (κ3) is 5.54. The van der Waals surface area contributed by atoms with Crippen LogP contribution in [0.25, 0.3) is 0 Å². The van der Waals surface area contributed by atoms with Gasteiger partial charge in [0.1, 0.15) is 12.1 Å². The number of imide groups is 2. The molecule has 0 aliphatic carbocycles. The Bertz CT molecular complexity index is 1600. The van der Waals surface area contributed by atoms with Gasteiger partial charge in [0.2, 0.25) is 35.4 Å². The Labute approximate surface area is 256 Å². The quantitative estimate of drug-likeness (QED) is 0.358. The molecule has 14 nitrogen and oxygen atoms in total. The highest BCUT2D eigenvalue weighted by Gasteiger charge is 2.41. The van der Waals surface area contributed by atoms with Gasteiger partial charge in [-0.3, -0.25) is 53.9 Å². The van der Waals surface area contributed by atoms with Crippen LogP contribution in [0.1, 0.15) is 76.8 Å². The van der Waals surface area contributed by atoms with E-state index in [0.29, 0.717) is 33.6 Å². The van der Waals surface area contributed by atoms with E-state index in [1.54, 1.807) is 36.4 Å². The second kappa shape index (κ2) is 11.6. The van der Waals surface area contributed by atoms with Crippen molar-refractivity contribution >= 4 is 58.6 Å². The molecule has 8 amide bonds. The molecular formula is C31H30N6O8. The Morgan fingerprint density at radius 3 is 1.62 bits per heavy atom. The van der Waals surface area contributed by atoms with E-state index in [9.17, 15) is 38.4 Å². The first-order valence-corrected chi connectivity index (χ1v) is 14.7. The number of benzene rings is 2. The average Bonchev–Trinajstić information content (AvgIpc) is 3.49. The molecular weight excluding hydrogens is 584 g/mol. The first-order chi connectivity index (χ1) is 21.5. The fourth-order valence-electron chi connectivity index (χ4n) is 6.33. The van der Waals surface area contributed by atoms with Gasteiger partial charge in [-0.2, -0.15) is 0 Å². The first-order valence-electron chi connectivity index (χ1n) is 14.7. The molecule has 2 saturated heterocycles. The van der Waals surface area contributed by atoms with Crippen molar-refractivity contribution in [2.75, 3.05) is 4.90 Å². The Kier molecular flexibility index (Phi) is 7.64. The highest BCUT2D eigenvalue weighted by Crippen LogP contribution is 2.36. The molecule has 2 unspecified atom stereocenters. The predicted molar refractivity (Wildman–Crippen MR) is 155 cm³/mol. The molecule has 14 heteroatoms. The molecule has 0 bridgehead atoms. The Morgan fingerprint density at radius 1 is 0.733 bits per heavy atom. The number of anilines is 2. The van der Waals surface area contributed by atoms with Crippen molar-refractivity contribution < 1.29 is 38.4 Å². The molecule has 2 aromatic rings. The van der Waals surface area contributed by atoms with E-state index in [0.717, 1.165) is 0 Å². The number of carbonyl (C=O) groups excluding carboxylic acids is 8. The smallest absolute Gasteiger partial charge is 0.255 e. The topological polar surface area (TPSA) is 196 Å². The minimum absolute atomic E-state index is 0.00718. The molecule has 6 rings (SSSR count). The SMILES string of the molecule is NC(=O)CCCC(=O)N(c1ccc2c(c1)C(=O)N(C1CCC(=O)NC1=O)C2)c1ccc2c(c1)C(=O)N(C1CCC(=O)NC1=O)C2. The van der Waals surface area contributed by atoms with E-state index >= 15 is 0 Å². The lowest BCUT2D eigenvalue weighted by atomic mass is 10.0. The third-order valence-corrected chi connectivity index (χ3v) is 8.60. The third-order valence-electron chi connectivity index (χ3n) is 8.60. The van der Waals surface area contributed by atoms with Crippen LogP contribution in [0.3, 0.4) is 0 Å². The molecule has 4 N–H and O–H groups in total. The number of hydrogen-bond donors (Lipinski definition) is 3. The molecule has 4 heterocycles. The Balaban J connectivity index is 1.30. The highest BCUT2D eigenvalue weighted by atomic mass is 16.2. The van der Waals surface area contributed by atoms with Crippen molar-refractivity contribution in [1.82, 2.24) is 20.4 Å². The van der Waals surface area contributed by atoms with Crippen LogP contribution in [0.2, 0.25) is 0 Å². The summed E-state index contributed by atoms with van der Waals surface area (Å²) in [5.41, 5.74) is 7.85. The number of nitrogens with two attached hydrogens (primary N) is 1. The molecule has 0 saturated carbocycles. The van der Waals surface area contributed by atoms with Crippen LogP contribution in [0, 0.1) is 0 Å². The lowest BCUT2D eigenvalue weighted by Gasteiger charge is -2.29. The van der Waals surface area contributed by atoms with Crippen molar-refractivity contribution in [3.8, 4) is 0 Å². The zero-order valence-electron chi connectivity index (χ0n) is 24.2. The van der Waals surface area contributed by atoms with Crippen LogP contribution in [-0.2, 0) is 41.9 Å². The van der Waals surface area contributed by atoms with Crippen LogP contribution in [0.15, 0.2) is 36.4 Å². The lowest BCUT2D eigenvalue weighted by Crippen LogP contribution is -2.52. The number of piperidine rings is 2. The number of amides is 8. The van der Waals surface area contributed by atoms with E-state index in [1.807, 2.05) is 0 Å². The van der Waals surface area contributed by atoms with Gasteiger partial charge in [0, 0.05) is 61.3 Å². The molecule has 0 spiro atoms. The molecule has 2 aromatic carbocycles. The summed E-state index contributed by atoms with van der Waals surface area (Å²) in [6.45, 7) is 0.327. The average molecular weight is 615 g/mol. The molecule has 0 aromatic heterocycles. The minimum Gasteiger partial charge on any atom is -0.370 e. The largest absolute Gasteiger partial charge is 0.370 e. The molecule has 232 valence electrons. The van der Waals surface area contributed by atoms with Gasteiger partial charge in [-0.25, -0.2) is 0 Å². The second-order valence-corrected chi connectivity index (χ2v) is 11.5. The van der Waals surface area contributed by atoms with E-state index in [2.05, 4.69) is 10.6 Å². The summed E-state index contributed by atoms with van der Waals surface area (Å²) in [5.74, 6) is -3.62. The van der Waals surface area contributed by atoms with Crippen LogP contribution >= 0.6 is 0 Å². The summed E-state index contributed by atoms with van der Waals surface area (Å²) in [7, 11) is 0.